The maximum atomic E-state index is 5.70. The maximum absolute atomic E-state index is 5.70. The zero-order chi connectivity index (χ0) is 10.7. The first-order chi connectivity index (χ1) is 7.31. The van der Waals surface area contributed by atoms with E-state index in [4.69, 9.17) is 5.73 Å². The van der Waals surface area contributed by atoms with Crippen LogP contribution < -0.4 is 5.73 Å². The molecule has 0 aliphatic carbocycles. The van der Waals surface area contributed by atoms with Gasteiger partial charge in [-0.2, -0.15) is 11.8 Å². The van der Waals surface area contributed by atoms with Gasteiger partial charge in [0.1, 0.15) is 0 Å². The molecule has 2 heteroatoms. The summed E-state index contributed by atoms with van der Waals surface area (Å²) < 4.78 is 0. The summed E-state index contributed by atoms with van der Waals surface area (Å²) in [6.45, 7) is 2.94. The van der Waals surface area contributed by atoms with E-state index >= 15 is 0 Å². The molecule has 2 atom stereocenters. The van der Waals surface area contributed by atoms with Crippen molar-refractivity contribution >= 4 is 11.8 Å². The van der Waals surface area contributed by atoms with Gasteiger partial charge in [0.2, 0.25) is 0 Å². The quantitative estimate of drug-likeness (QED) is 0.849. The van der Waals surface area contributed by atoms with Gasteiger partial charge in [-0.25, -0.2) is 0 Å². The van der Waals surface area contributed by atoms with Crippen LogP contribution in [-0.2, 0) is 0 Å². The lowest BCUT2D eigenvalue weighted by Crippen LogP contribution is -2.09. The second-order valence-corrected chi connectivity index (χ2v) is 5.52. The first-order valence-electron chi connectivity index (χ1n) is 5.69. The molecule has 2 unspecified atom stereocenters. The Bertz CT molecular complexity index is 318. The largest absolute Gasteiger partial charge is 0.330 e. The molecule has 0 bridgehead atoms. The summed E-state index contributed by atoms with van der Waals surface area (Å²) in [5.74, 6) is 3.88. The van der Waals surface area contributed by atoms with Gasteiger partial charge in [-0.05, 0) is 41.7 Å². The van der Waals surface area contributed by atoms with Crippen LogP contribution in [0.5, 0.6) is 0 Å². The average molecular weight is 221 g/mol. The zero-order valence-electron chi connectivity index (χ0n) is 9.28. The maximum Gasteiger partial charge on any atom is 0.000177 e. The van der Waals surface area contributed by atoms with E-state index in [-0.39, 0.29) is 0 Å². The first-order valence-corrected chi connectivity index (χ1v) is 6.84. The minimum atomic E-state index is 0.485. The summed E-state index contributed by atoms with van der Waals surface area (Å²) in [5.41, 5.74) is 8.61. The van der Waals surface area contributed by atoms with Crippen molar-refractivity contribution in [1.29, 1.82) is 0 Å². The number of benzene rings is 1. The van der Waals surface area contributed by atoms with Gasteiger partial charge in [-0.1, -0.05) is 31.2 Å². The van der Waals surface area contributed by atoms with Gasteiger partial charge in [0.05, 0.1) is 0 Å². The van der Waals surface area contributed by atoms with E-state index in [1.807, 2.05) is 0 Å². The van der Waals surface area contributed by atoms with Crippen molar-refractivity contribution in [1.82, 2.24) is 0 Å². The molecule has 1 aromatic rings. The van der Waals surface area contributed by atoms with Crippen molar-refractivity contribution in [3.8, 4) is 0 Å². The molecule has 1 heterocycles. The van der Waals surface area contributed by atoms with Crippen LogP contribution in [0.2, 0.25) is 0 Å². The molecule has 1 aromatic carbocycles. The van der Waals surface area contributed by atoms with E-state index < -0.39 is 0 Å². The SMILES string of the molecule is CC(CN)c1cccc(C2CCSC2)c1. The monoisotopic (exact) mass is 221 g/mol. The Morgan fingerprint density at radius 3 is 3.07 bits per heavy atom. The molecule has 0 saturated carbocycles. The van der Waals surface area contributed by atoms with E-state index in [2.05, 4.69) is 43.0 Å². The van der Waals surface area contributed by atoms with E-state index in [1.165, 1.54) is 29.1 Å². The van der Waals surface area contributed by atoms with Crippen molar-refractivity contribution in [2.75, 3.05) is 18.1 Å². The summed E-state index contributed by atoms with van der Waals surface area (Å²) in [4.78, 5) is 0. The fourth-order valence-electron chi connectivity index (χ4n) is 2.05. The van der Waals surface area contributed by atoms with Crippen LogP contribution in [-0.4, -0.2) is 18.1 Å². The van der Waals surface area contributed by atoms with Gasteiger partial charge in [0.15, 0.2) is 0 Å². The molecule has 1 aliphatic heterocycles. The van der Waals surface area contributed by atoms with Crippen molar-refractivity contribution in [2.45, 2.75) is 25.2 Å². The highest BCUT2D eigenvalue weighted by atomic mass is 32.2. The summed E-state index contributed by atoms with van der Waals surface area (Å²) in [6.07, 6.45) is 1.34. The number of nitrogens with two attached hydrogens (primary N) is 1. The molecule has 15 heavy (non-hydrogen) atoms. The number of rotatable bonds is 3. The summed E-state index contributed by atoms with van der Waals surface area (Å²) >= 11 is 2.07. The molecule has 1 aliphatic rings. The molecule has 0 aromatic heterocycles. The summed E-state index contributed by atoms with van der Waals surface area (Å²) in [7, 11) is 0. The molecule has 0 spiro atoms. The molecular weight excluding hydrogens is 202 g/mol. The molecule has 2 rings (SSSR count). The lowest BCUT2D eigenvalue weighted by Gasteiger charge is -2.13. The molecule has 82 valence electrons. The van der Waals surface area contributed by atoms with Crippen LogP contribution in [0.4, 0.5) is 0 Å². The van der Waals surface area contributed by atoms with Crippen LogP contribution in [0, 0.1) is 0 Å². The van der Waals surface area contributed by atoms with E-state index in [1.54, 1.807) is 0 Å². The van der Waals surface area contributed by atoms with Crippen molar-refractivity contribution in [3.63, 3.8) is 0 Å². The standard InChI is InChI=1S/C13H19NS/c1-10(8-14)11-3-2-4-12(7-11)13-5-6-15-9-13/h2-4,7,10,13H,5-6,8-9,14H2,1H3. The summed E-state index contributed by atoms with van der Waals surface area (Å²) in [6, 6.07) is 9.00. The van der Waals surface area contributed by atoms with Crippen molar-refractivity contribution in [2.24, 2.45) is 5.73 Å². The van der Waals surface area contributed by atoms with Gasteiger partial charge in [0, 0.05) is 5.75 Å². The Labute approximate surface area is 96.4 Å². The molecular formula is C13H19NS. The first kappa shape index (κ1) is 11.0. The van der Waals surface area contributed by atoms with Gasteiger partial charge in [-0.3, -0.25) is 0 Å². The Morgan fingerprint density at radius 2 is 2.40 bits per heavy atom. The highest BCUT2D eigenvalue weighted by Crippen LogP contribution is 2.33. The molecule has 1 nitrogen and oxygen atoms in total. The Morgan fingerprint density at radius 1 is 1.53 bits per heavy atom. The van der Waals surface area contributed by atoms with Gasteiger partial charge in [0.25, 0.3) is 0 Å². The van der Waals surface area contributed by atoms with Crippen LogP contribution in [0.1, 0.15) is 36.3 Å². The second-order valence-electron chi connectivity index (χ2n) is 4.37. The normalized spacial score (nSPS) is 22.9. The predicted octanol–water partition coefficient (Wildman–Crippen LogP) is 2.97. The number of hydrogen-bond acceptors (Lipinski definition) is 2. The van der Waals surface area contributed by atoms with E-state index in [9.17, 15) is 0 Å². The van der Waals surface area contributed by atoms with E-state index in [0.29, 0.717) is 5.92 Å². The fraction of sp³-hybridized carbons (Fsp3) is 0.538. The third kappa shape index (κ3) is 2.56. The Hall–Kier alpha value is -0.470. The highest BCUT2D eigenvalue weighted by molar-refractivity contribution is 7.99. The Kier molecular flexibility index (Phi) is 3.71. The van der Waals surface area contributed by atoms with Crippen molar-refractivity contribution in [3.05, 3.63) is 35.4 Å². The molecule has 2 N–H and O–H groups in total. The van der Waals surface area contributed by atoms with Crippen LogP contribution in [0.3, 0.4) is 0 Å². The second kappa shape index (κ2) is 5.04. The molecule has 1 saturated heterocycles. The lowest BCUT2D eigenvalue weighted by molar-refractivity contribution is 0.753. The predicted molar refractivity (Wildman–Crippen MR) is 68.6 cm³/mol. The number of hydrogen-bond donors (Lipinski definition) is 1. The Balaban J connectivity index is 2.18. The smallest absolute Gasteiger partial charge is 0.000177 e. The van der Waals surface area contributed by atoms with Crippen LogP contribution in [0.25, 0.3) is 0 Å². The van der Waals surface area contributed by atoms with Gasteiger partial charge in [-0.15, -0.1) is 0 Å². The third-order valence-electron chi connectivity index (χ3n) is 3.23. The average Bonchev–Trinajstić information content (AvgIpc) is 2.82. The lowest BCUT2D eigenvalue weighted by atomic mass is 9.93. The van der Waals surface area contributed by atoms with Crippen LogP contribution in [0.15, 0.2) is 24.3 Å². The van der Waals surface area contributed by atoms with Crippen LogP contribution >= 0.6 is 11.8 Å². The molecule has 0 radical (unpaired) electrons. The van der Waals surface area contributed by atoms with Crippen molar-refractivity contribution < 1.29 is 0 Å². The van der Waals surface area contributed by atoms with Gasteiger partial charge < -0.3 is 5.73 Å². The van der Waals surface area contributed by atoms with Gasteiger partial charge >= 0.3 is 0 Å². The molecule has 0 amide bonds. The minimum Gasteiger partial charge on any atom is -0.330 e. The fourth-order valence-corrected chi connectivity index (χ4v) is 3.31. The zero-order valence-corrected chi connectivity index (χ0v) is 10.1. The summed E-state index contributed by atoms with van der Waals surface area (Å²) in [5, 5.41) is 0. The third-order valence-corrected chi connectivity index (χ3v) is 4.40. The topological polar surface area (TPSA) is 26.0 Å². The minimum absolute atomic E-state index is 0.485. The van der Waals surface area contributed by atoms with E-state index in [0.717, 1.165) is 12.5 Å². The number of thioether (sulfide) groups is 1. The molecule has 1 fully saturated rings. The highest BCUT2D eigenvalue weighted by Gasteiger charge is 2.17.